The lowest BCUT2D eigenvalue weighted by Gasteiger charge is -2.21. The van der Waals surface area contributed by atoms with Gasteiger partial charge in [-0.05, 0) is 50.6 Å². The molecule has 1 unspecified atom stereocenters. The van der Waals surface area contributed by atoms with E-state index in [1.807, 2.05) is 18.7 Å². The van der Waals surface area contributed by atoms with Gasteiger partial charge >= 0.3 is 0 Å². The molecule has 2 aromatic rings. The van der Waals surface area contributed by atoms with Gasteiger partial charge in [0.05, 0.1) is 11.2 Å². The van der Waals surface area contributed by atoms with Gasteiger partial charge in [0.15, 0.2) is 0 Å². The highest BCUT2D eigenvalue weighted by molar-refractivity contribution is 7.98. The summed E-state index contributed by atoms with van der Waals surface area (Å²) in [5.41, 5.74) is 1.66. The summed E-state index contributed by atoms with van der Waals surface area (Å²) < 4.78 is 13.4. The van der Waals surface area contributed by atoms with Crippen molar-refractivity contribution in [3.8, 4) is 0 Å². The van der Waals surface area contributed by atoms with Gasteiger partial charge in [-0.25, -0.2) is 14.4 Å². The molecule has 1 aromatic heterocycles. The van der Waals surface area contributed by atoms with E-state index in [4.69, 9.17) is 0 Å². The van der Waals surface area contributed by atoms with Crippen LogP contribution in [0.4, 0.5) is 10.3 Å². The van der Waals surface area contributed by atoms with E-state index in [9.17, 15) is 4.39 Å². The first kappa shape index (κ1) is 17.4. The van der Waals surface area contributed by atoms with Crippen LogP contribution in [0.15, 0.2) is 18.2 Å². The Morgan fingerprint density at radius 3 is 3.00 bits per heavy atom. The molecule has 24 heavy (non-hydrogen) atoms. The summed E-state index contributed by atoms with van der Waals surface area (Å²) in [6, 6.07) is 5.31. The van der Waals surface area contributed by atoms with Crippen molar-refractivity contribution in [1.29, 1.82) is 0 Å². The summed E-state index contributed by atoms with van der Waals surface area (Å²) in [5, 5.41) is 4.45. The van der Waals surface area contributed by atoms with Crippen molar-refractivity contribution in [2.45, 2.75) is 32.2 Å². The fraction of sp³-hybridized carbons (Fsp3) is 0.556. The van der Waals surface area contributed by atoms with E-state index in [-0.39, 0.29) is 5.82 Å². The first-order valence-corrected chi connectivity index (χ1v) is 9.98. The minimum atomic E-state index is -0.240. The summed E-state index contributed by atoms with van der Waals surface area (Å²) in [7, 11) is 0. The van der Waals surface area contributed by atoms with Crippen LogP contribution in [0.3, 0.4) is 0 Å². The van der Waals surface area contributed by atoms with Crippen molar-refractivity contribution in [3.63, 3.8) is 0 Å². The van der Waals surface area contributed by atoms with Gasteiger partial charge in [0.1, 0.15) is 5.82 Å². The zero-order valence-corrected chi connectivity index (χ0v) is 15.2. The third-order valence-electron chi connectivity index (χ3n) is 4.59. The van der Waals surface area contributed by atoms with Crippen LogP contribution in [0.1, 0.15) is 25.0 Å². The molecule has 4 nitrogen and oxygen atoms in total. The Morgan fingerprint density at radius 1 is 1.29 bits per heavy atom. The van der Waals surface area contributed by atoms with Crippen LogP contribution < -0.4 is 10.2 Å². The summed E-state index contributed by atoms with van der Waals surface area (Å²) in [5.74, 6) is 1.69. The number of aromatic nitrogens is 2. The number of hydrogen-bond donors (Lipinski definition) is 1. The summed E-state index contributed by atoms with van der Waals surface area (Å²) in [6.45, 7) is 4.94. The van der Waals surface area contributed by atoms with Crippen molar-refractivity contribution in [1.82, 2.24) is 15.3 Å². The fourth-order valence-electron chi connectivity index (χ4n) is 3.25. The highest BCUT2D eigenvalue weighted by Crippen LogP contribution is 2.22. The van der Waals surface area contributed by atoms with Gasteiger partial charge in [-0.1, -0.05) is 0 Å². The zero-order valence-electron chi connectivity index (χ0n) is 14.4. The maximum absolute atomic E-state index is 13.4. The Hall–Kier alpha value is -1.40. The molecule has 0 bridgehead atoms. The maximum Gasteiger partial charge on any atom is 0.226 e. The number of fused-ring (bicyclic) bond motifs is 1. The van der Waals surface area contributed by atoms with E-state index in [1.165, 1.54) is 18.6 Å². The van der Waals surface area contributed by atoms with Crippen LogP contribution in [0.25, 0.3) is 10.9 Å². The highest BCUT2D eigenvalue weighted by Gasteiger charge is 2.19. The lowest BCUT2D eigenvalue weighted by atomic mass is 10.1. The molecule has 6 heteroatoms. The van der Waals surface area contributed by atoms with Crippen LogP contribution in [0.5, 0.6) is 0 Å². The molecule has 1 atom stereocenters. The van der Waals surface area contributed by atoms with Crippen molar-refractivity contribution in [2.24, 2.45) is 0 Å². The number of anilines is 1. The quantitative estimate of drug-likeness (QED) is 0.839. The largest absolute Gasteiger partial charge is 0.341 e. The average Bonchev–Trinajstić information content (AvgIpc) is 2.81. The van der Waals surface area contributed by atoms with Gasteiger partial charge in [0.25, 0.3) is 0 Å². The van der Waals surface area contributed by atoms with Crippen molar-refractivity contribution < 1.29 is 4.39 Å². The number of nitrogens with one attached hydrogen (secondary N) is 1. The van der Waals surface area contributed by atoms with Crippen LogP contribution in [0, 0.1) is 12.7 Å². The van der Waals surface area contributed by atoms with E-state index < -0.39 is 0 Å². The van der Waals surface area contributed by atoms with Gasteiger partial charge in [-0.2, -0.15) is 11.8 Å². The molecule has 1 aromatic carbocycles. The van der Waals surface area contributed by atoms with E-state index in [1.54, 1.807) is 6.07 Å². The maximum atomic E-state index is 13.4. The van der Waals surface area contributed by atoms with Gasteiger partial charge in [0, 0.05) is 36.8 Å². The van der Waals surface area contributed by atoms with Gasteiger partial charge in [-0.3, -0.25) is 0 Å². The average molecular weight is 348 g/mol. The molecule has 0 radical (unpaired) electrons. The molecule has 1 fully saturated rings. The molecule has 1 aliphatic rings. The molecule has 1 saturated heterocycles. The Morgan fingerprint density at radius 2 is 2.17 bits per heavy atom. The molecule has 1 N–H and O–H groups in total. The van der Waals surface area contributed by atoms with Crippen molar-refractivity contribution in [3.05, 3.63) is 29.7 Å². The molecular formula is C18H25FN4S. The van der Waals surface area contributed by atoms with Gasteiger partial charge < -0.3 is 10.2 Å². The predicted octanol–water partition coefficient (Wildman–Crippen LogP) is 3.39. The van der Waals surface area contributed by atoms with Crippen LogP contribution in [-0.4, -0.2) is 47.7 Å². The number of thioether (sulfide) groups is 1. The lowest BCUT2D eigenvalue weighted by Crippen LogP contribution is -2.32. The van der Waals surface area contributed by atoms with Crippen LogP contribution in [0.2, 0.25) is 0 Å². The topological polar surface area (TPSA) is 41.0 Å². The van der Waals surface area contributed by atoms with Crippen molar-refractivity contribution >= 4 is 28.6 Å². The van der Waals surface area contributed by atoms with Crippen LogP contribution in [-0.2, 0) is 0 Å². The number of benzene rings is 1. The Kier molecular flexibility index (Phi) is 5.89. The van der Waals surface area contributed by atoms with Crippen molar-refractivity contribution in [2.75, 3.05) is 36.5 Å². The summed E-state index contributed by atoms with van der Waals surface area (Å²) in [6.07, 6.45) is 5.59. The predicted molar refractivity (Wildman–Crippen MR) is 100 cm³/mol. The fourth-order valence-corrected chi connectivity index (χ4v) is 3.57. The van der Waals surface area contributed by atoms with Gasteiger partial charge in [0.2, 0.25) is 5.95 Å². The molecular weight excluding hydrogens is 323 g/mol. The van der Waals surface area contributed by atoms with E-state index in [2.05, 4.69) is 26.4 Å². The first-order valence-electron chi connectivity index (χ1n) is 8.58. The molecule has 0 spiro atoms. The third-order valence-corrected chi connectivity index (χ3v) is 5.20. The Bertz CT molecular complexity index is 694. The van der Waals surface area contributed by atoms with E-state index >= 15 is 0 Å². The lowest BCUT2D eigenvalue weighted by molar-refractivity contribution is 0.485. The third kappa shape index (κ3) is 4.16. The second-order valence-electron chi connectivity index (χ2n) is 6.33. The molecule has 1 aliphatic heterocycles. The Labute approximate surface area is 147 Å². The SMILES string of the molecule is CSCCNC1CCCN(c2nc(C)c3cc(F)ccc3n2)CC1. The summed E-state index contributed by atoms with van der Waals surface area (Å²) >= 11 is 1.88. The van der Waals surface area contributed by atoms with Gasteiger partial charge in [-0.15, -0.1) is 0 Å². The molecule has 3 rings (SSSR count). The number of halogens is 1. The number of aryl methyl sites for hydroxylation is 1. The Balaban J connectivity index is 1.72. The zero-order chi connectivity index (χ0) is 16.9. The number of nitrogens with zero attached hydrogens (tertiary/aromatic N) is 3. The second-order valence-corrected chi connectivity index (χ2v) is 7.32. The smallest absolute Gasteiger partial charge is 0.226 e. The molecule has 0 saturated carbocycles. The van der Waals surface area contributed by atoms with E-state index in [0.717, 1.165) is 60.8 Å². The molecule has 0 amide bonds. The summed E-state index contributed by atoms with van der Waals surface area (Å²) in [4.78, 5) is 11.6. The van der Waals surface area contributed by atoms with E-state index in [0.29, 0.717) is 6.04 Å². The molecule has 130 valence electrons. The second kappa shape index (κ2) is 8.12. The molecule has 0 aliphatic carbocycles. The standard InChI is InChI=1S/C18H25FN4S/c1-13-16-12-14(19)5-6-17(16)22-18(21-13)23-9-3-4-15(7-10-23)20-8-11-24-2/h5-6,12,15,20H,3-4,7-11H2,1-2H3. The molecule has 2 heterocycles. The monoisotopic (exact) mass is 348 g/mol. The normalized spacial score (nSPS) is 18.8. The minimum Gasteiger partial charge on any atom is -0.341 e. The highest BCUT2D eigenvalue weighted by atomic mass is 32.2. The number of rotatable bonds is 5. The minimum absolute atomic E-state index is 0.240. The van der Waals surface area contributed by atoms with Crippen LogP contribution >= 0.6 is 11.8 Å². The number of hydrogen-bond acceptors (Lipinski definition) is 5. The first-order chi connectivity index (χ1) is 11.7.